The Hall–Kier alpha value is -1.22. The molecule has 0 aliphatic carbocycles. The van der Waals surface area contributed by atoms with Gasteiger partial charge in [0.05, 0.1) is 13.2 Å². The van der Waals surface area contributed by atoms with Crippen LogP contribution in [0, 0.1) is 0 Å². The molecule has 28 heavy (non-hydrogen) atoms. The van der Waals surface area contributed by atoms with Crippen LogP contribution in [0.1, 0.15) is 23.7 Å². The number of hydrogen-bond acceptors (Lipinski definition) is 6. The average molecular weight is 427 g/mol. The van der Waals surface area contributed by atoms with E-state index in [4.69, 9.17) is 42.1 Å². The number of fused-ring (bicyclic) bond motifs is 1. The van der Waals surface area contributed by atoms with Crippen LogP contribution >= 0.6 is 23.2 Å². The maximum absolute atomic E-state index is 10.6. The van der Waals surface area contributed by atoms with Gasteiger partial charge in [0.15, 0.2) is 12.6 Å². The van der Waals surface area contributed by atoms with E-state index in [1.165, 1.54) is 0 Å². The van der Waals surface area contributed by atoms with Crippen molar-refractivity contribution in [3.63, 3.8) is 0 Å². The Balaban J connectivity index is 1.58. The van der Waals surface area contributed by atoms with E-state index >= 15 is 0 Å². The molecule has 2 heterocycles. The van der Waals surface area contributed by atoms with Gasteiger partial charge in [-0.25, -0.2) is 0 Å². The zero-order chi connectivity index (χ0) is 19.7. The second-order valence-electron chi connectivity index (χ2n) is 6.71. The number of aliphatic hydroxyl groups is 2. The van der Waals surface area contributed by atoms with Crippen LogP contribution in [0.4, 0.5) is 0 Å². The summed E-state index contributed by atoms with van der Waals surface area (Å²) in [5, 5.41) is 21.9. The molecule has 0 spiro atoms. The summed E-state index contributed by atoms with van der Waals surface area (Å²) in [5.41, 5.74) is 1.27. The number of ether oxygens (including phenoxy) is 4. The number of benzene rings is 2. The molecule has 4 rings (SSSR count). The monoisotopic (exact) mass is 426 g/mol. The summed E-state index contributed by atoms with van der Waals surface area (Å²) in [6, 6.07) is 14.3. The Morgan fingerprint density at radius 3 is 1.89 bits per heavy atom. The quantitative estimate of drug-likeness (QED) is 0.767. The largest absolute Gasteiger partial charge is 0.388 e. The first-order valence-corrected chi connectivity index (χ1v) is 9.69. The van der Waals surface area contributed by atoms with Crippen molar-refractivity contribution in [3.05, 3.63) is 69.7 Å². The molecule has 2 aromatic rings. The first-order chi connectivity index (χ1) is 13.5. The maximum atomic E-state index is 10.6. The van der Waals surface area contributed by atoms with Crippen molar-refractivity contribution in [2.45, 2.75) is 37.0 Å². The molecular weight excluding hydrogens is 407 g/mol. The molecule has 0 saturated carbocycles. The third-order valence-electron chi connectivity index (χ3n) is 4.82. The van der Waals surface area contributed by atoms with Crippen LogP contribution in [-0.4, -0.2) is 47.8 Å². The molecule has 2 aliphatic rings. The zero-order valence-corrected chi connectivity index (χ0v) is 16.3. The summed E-state index contributed by atoms with van der Waals surface area (Å²) in [7, 11) is 0. The fourth-order valence-corrected chi connectivity index (χ4v) is 3.77. The highest BCUT2D eigenvalue weighted by Gasteiger charge is 2.44. The highest BCUT2D eigenvalue weighted by Crippen LogP contribution is 2.37. The van der Waals surface area contributed by atoms with Gasteiger partial charge >= 0.3 is 0 Å². The molecule has 2 aliphatic heterocycles. The highest BCUT2D eigenvalue weighted by molar-refractivity contribution is 6.31. The van der Waals surface area contributed by atoms with Crippen LogP contribution < -0.4 is 0 Å². The van der Waals surface area contributed by atoms with Crippen molar-refractivity contribution in [1.82, 2.24) is 0 Å². The molecule has 0 amide bonds. The Bertz CT molecular complexity index is 819. The number of aliphatic hydroxyl groups excluding tert-OH is 2. The third-order valence-corrected chi connectivity index (χ3v) is 5.51. The van der Waals surface area contributed by atoms with Crippen molar-refractivity contribution in [3.8, 4) is 0 Å². The topological polar surface area (TPSA) is 77.4 Å². The van der Waals surface area contributed by atoms with Gasteiger partial charge in [-0.05, 0) is 12.1 Å². The predicted molar refractivity (Wildman–Crippen MR) is 102 cm³/mol. The standard InChI is InChI=1S/C20H20Cl2O6/c21-13-7-3-1-5-11(13)19-25-9-15(23)17(24)18-16(27-19)10-26-20(28-18)12-6-2-4-8-14(12)22/h1-8,15-20,23-24H,9-10H2/t15-,16+,17-,18-,19?,20?/m1/s1. The zero-order valence-electron chi connectivity index (χ0n) is 14.8. The van der Waals surface area contributed by atoms with Gasteiger partial charge in [0, 0.05) is 21.2 Å². The summed E-state index contributed by atoms with van der Waals surface area (Å²) in [6.45, 7) is -0.0180. The van der Waals surface area contributed by atoms with E-state index in [0.29, 0.717) is 21.2 Å². The van der Waals surface area contributed by atoms with Gasteiger partial charge in [-0.15, -0.1) is 0 Å². The second-order valence-corrected chi connectivity index (χ2v) is 7.52. The van der Waals surface area contributed by atoms with Crippen LogP contribution in [0.5, 0.6) is 0 Å². The smallest absolute Gasteiger partial charge is 0.185 e. The van der Waals surface area contributed by atoms with Crippen molar-refractivity contribution < 1.29 is 29.2 Å². The lowest BCUT2D eigenvalue weighted by atomic mass is 10.0. The van der Waals surface area contributed by atoms with E-state index in [1.807, 2.05) is 12.1 Å². The van der Waals surface area contributed by atoms with Crippen LogP contribution in [0.3, 0.4) is 0 Å². The van der Waals surface area contributed by atoms with Crippen molar-refractivity contribution >= 4 is 23.2 Å². The Morgan fingerprint density at radius 1 is 0.750 bits per heavy atom. The van der Waals surface area contributed by atoms with Gasteiger partial charge in [-0.3, -0.25) is 0 Å². The average Bonchev–Trinajstić information content (AvgIpc) is 2.70. The molecule has 8 heteroatoms. The van der Waals surface area contributed by atoms with Crippen molar-refractivity contribution in [2.75, 3.05) is 13.2 Å². The minimum Gasteiger partial charge on any atom is -0.388 e. The van der Waals surface area contributed by atoms with Crippen LogP contribution in [0.25, 0.3) is 0 Å². The molecule has 2 aromatic carbocycles. The molecule has 0 bridgehead atoms. The third kappa shape index (κ3) is 4.06. The van der Waals surface area contributed by atoms with Gasteiger partial charge in [0.2, 0.25) is 0 Å². The van der Waals surface area contributed by atoms with Gasteiger partial charge in [-0.1, -0.05) is 59.6 Å². The van der Waals surface area contributed by atoms with Gasteiger partial charge in [-0.2, -0.15) is 0 Å². The lowest BCUT2D eigenvalue weighted by Gasteiger charge is -2.43. The summed E-state index contributed by atoms with van der Waals surface area (Å²) in [5.74, 6) is 0. The van der Waals surface area contributed by atoms with Gasteiger partial charge in [0.1, 0.15) is 24.4 Å². The predicted octanol–water partition coefficient (Wildman–Crippen LogP) is 3.24. The first kappa shape index (κ1) is 20.1. The molecule has 2 unspecified atom stereocenters. The summed E-state index contributed by atoms with van der Waals surface area (Å²) >= 11 is 12.5. The molecule has 150 valence electrons. The van der Waals surface area contributed by atoms with E-state index in [1.54, 1.807) is 36.4 Å². The van der Waals surface area contributed by atoms with Crippen molar-refractivity contribution in [1.29, 1.82) is 0 Å². The summed E-state index contributed by atoms with van der Waals surface area (Å²) < 4.78 is 23.5. The molecule has 2 N–H and O–H groups in total. The second kappa shape index (κ2) is 8.65. The van der Waals surface area contributed by atoms with Crippen LogP contribution in [-0.2, 0) is 18.9 Å². The minimum atomic E-state index is -1.22. The number of rotatable bonds is 2. The van der Waals surface area contributed by atoms with Gasteiger partial charge in [0.25, 0.3) is 0 Å². The van der Waals surface area contributed by atoms with Crippen LogP contribution in [0.15, 0.2) is 48.5 Å². The Kier molecular flexibility index (Phi) is 6.20. The van der Waals surface area contributed by atoms with E-state index in [2.05, 4.69) is 0 Å². The SMILES string of the molecule is O[C@H]1[C@@H]2OC(c3ccccc3Cl)OC[C@@H]2OC(c2ccccc2Cl)OC[C@H]1O. The lowest BCUT2D eigenvalue weighted by molar-refractivity contribution is -0.332. The number of hydrogen-bond donors (Lipinski definition) is 2. The maximum Gasteiger partial charge on any atom is 0.185 e. The molecular formula is C20H20Cl2O6. The Morgan fingerprint density at radius 2 is 1.29 bits per heavy atom. The normalized spacial score (nSPS) is 33.6. The Labute approximate surface area is 172 Å². The van der Waals surface area contributed by atoms with Gasteiger partial charge < -0.3 is 29.2 Å². The van der Waals surface area contributed by atoms with Crippen LogP contribution in [0.2, 0.25) is 10.0 Å². The lowest BCUT2D eigenvalue weighted by Crippen LogP contribution is -2.55. The van der Waals surface area contributed by atoms with E-state index in [0.717, 1.165) is 0 Å². The minimum absolute atomic E-state index is 0.120. The molecule has 6 nitrogen and oxygen atoms in total. The highest BCUT2D eigenvalue weighted by atomic mass is 35.5. The summed E-state index contributed by atoms with van der Waals surface area (Å²) in [4.78, 5) is 0. The molecule has 0 aromatic heterocycles. The summed E-state index contributed by atoms with van der Waals surface area (Å²) in [6.07, 6.45) is -5.49. The van der Waals surface area contributed by atoms with Crippen molar-refractivity contribution in [2.24, 2.45) is 0 Å². The molecule has 2 fully saturated rings. The molecule has 2 saturated heterocycles. The fourth-order valence-electron chi connectivity index (χ4n) is 3.32. The van der Waals surface area contributed by atoms with E-state index in [-0.39, 0.29) is 13.2 Å². The molecule has 0 radical (unpaired) electrons. The first-order valence-electron chi connectivity index (χ1n) is 8.93. The molecule has 6 atom stereocenters. The van der Waals surface area contributed by atoms with E-state index < -0.39 is 37.0 Å². The number of halogens is 2. The van der Waals surface area contributed by atoms with E-state index in [9.17, 15) is 10.2 Å². The fraction of sp³-hybridized carbons (Fsp3) is 0.400.